The first-order valence-electron chi connectivity index (χ1n) is 7.90. The summed E-state index contributed by atoms with van der Waals surface area (Å²) >= 11 is 3.49. The number of halogens is 1. The zero-order valence-corrected chi connectivity index (χ0v) is 16.6. The molecule has 0 aliphatic heterocycles. The van der Waals surface area contributed by atoms with Gasteiger partial charge in [-0.15, -0.1) is 0 Å². The molecule has 0 fully saturated rings. The van der Waals surface area contributed by atoms with E-state index >= 15 is 0 Å². The molecule has 7 nitrogen and oxygen atoms in total. The first-order valence-corrected chi connectivity index (χ1v) is 10.2. The van der Waals surface area contributed by atoms with Crippen molar-refractivity contribution in [1.82, 2.24) is 9.78 Å². The standard InChI is InChI=1S/C18H16BrN3O4S/c1-11(18(23)24)16-15(19)17(12-5-3-2-4-6-12)22(21-16)13-7-9-14(10-8-13)27(20,25)26/h2-11H,1H3,(H,23,24)(H2,20,25,26)/t11-/m0/s1. The van der Waals surface area contributed by atoms with Gasteiger partial charge in [0.2, 0.25) is 10.0 Å². The van der Waals surface area contributed by atoms with E-state index in [1.54, 1.807) is 23.7 Å². The third kappa shape index (κ3) is 3.80. The van der Waals surface area contributed by atoms with E-state index < -0.39 is 21.9 Å². The molecular formula is C18H16BrN3O4S. The summed E-state index contributed by atoms with van der Waals surface area (Å²) in [5, 5.41) is 19.0. The Hall–Kier alpha value is -2.49. The third-order valence-electron chi connectivity index (χ3n) is 4.09. The van der Waals surface area contributed by atoms with Gasteiger partial charge in [0.1, 0.15) is 0 Å². The highest BCUT2D eigenvalue weighted by Gasteiger charge is 2.26. The van der Waals surface area contributed by atoms with E-state index in [4.69, 9.17) is 5.14 Å². The van der Waals surface area contributed by atoms with Crippen molar-refractivity contribution in [3.63, 3.8) is 0 Å². The molecule has 0 spiro atoms. The Morgan fingerprint density at radius 2 is 1.74 bits per heavy atom. The van der Waals surface area contributed by atoms with E-state index in [0.717, 1.165) is 5.56 Å². The van der Waals surface area contributed by atoms with Crippen molar-refractivity contribution >= 4 is 31.9 Å². The van der Waals surface area contributed by atoms with Gasteiger partial charge in [-0.2, -0.15) is 5.10 Å². The second kappa shape index (κ2) is 7.26. The van der Waals surface area contributed by atoms with Crippen LogP contribution in [0.4, 0.5) is 0 Å². The Morgan fingerprint density at radius 3 is 2.26 bits per heavy atom. The first-order chi connectivity index (χ1) is 12.7. The Bertz CT molecular complexity index is 1090. The minimum absolute atomic E-state index is 0.0159. The van der Waals surface area contributed by atoms with Gasteiger partial charge in [0, 0.05) is 5.56 Å². The second-order valence-corrected chi connectivity index (χ2v) is 8.28. The van der Waals surface area contributed by atoms with E-state index in [-0.39, 0.29) is 4.90 Å². The van der Waals surface area contributed by atoms with Gasteiger partial charge in [0.15, 0.2) is 0 Å². The summed E-state index contributed by atoms with van der Waals surface area (Å²) in [6.07, 6.45) is 0. The summed E-state index contributed by atoms with van der Waals surface area (Å²) < 4.78 is 25.1. The number of aromatic nitrogens is 2. The van der Waals surface area contributed by atoms with E-state index in [1.807, 2.05) is 30.3 Å². The van der Waals surface area contributed by atoms with Gasteiger partial charge in [0.25, 0.3) is 0 Å². The van der Waals surface area contributed by atoms with Crippen LogP contribution in [0.5, 0.6) is 0 Å². The zero-order chi connectivity index (χ0) is 19.8. The maximum atomic E-state index is 11.5. The van der Waals surface area contributed by atoms with Crippen LogP contribution in [0.25, 0.3) is 16.9 Å². The molecule has 0 bridgehead atoms. The Morgan fingerprint density at radius 1 is 1.15 bits per heavy atom. The SMILES string of the molecule is C[C@H](C(=O)O)c1nn(-c2ccc(S(N)(=O)=O)cc2)c(-c2ccccc2)c1Br. The van der Waals surface area contributed by atoms with Crippen molar-refractivity contribution in [2.24, 2.45) is 5.14 Å². The van der Waals surface area contributed by atoms with Crippen LogP contribution >= 0.6 is 15.9 Å². The van der Waals surface area contributed by atoms with Gasteiger partial charge >= 0.3 is 5.97 Å². The maximum Gasteiger partial charge on any atom is 0.312 e. The molecule has 1 atom stereocenters. The van der Waals surface area contributed by atoms with Crippen molar-refractivity contribution in [2.45, 2.75) is 17.7 Å². The second-order valence-electron chi connectivity index (χ2n) is 5.92. The van der Waals surface area contributed by atoms with Gasteiger partial charge in [-0.25, -0.2) is 18.2 Å². The molecule has 0 unspecified atom stereocenters. The molecule has 0 saturated heterocycles. The van der Waals surface area contributed by atoms with E-state index in [1.165, 1.54) is 12.1 Å². The minimum atomic E-state index is -3.81. The topological polar surface area (TPSA) is 115 Å². The Labute approximate surface area is 164 Å². The molecule has 0 radical (unpaired) electrons. The van der Waals surface area contributed by atoms with Crippen LogP contribution < -0.4 is 5.14 Å². The van der Waals surface area contributed by atoms with Crippen molar-refractivity contribution in [1.29, 1.82) is 0 Å². The molecule has 0 aliphatic rings. The number of carboxylic acids is 1. The summed E-state index contributed by atoms with van der Waals surface area (Å²) in [5.41, 5.74) is 2.45. The van der Waals surface area contributed by atoms with Crippen LogP contribution in [0, 0.1) is 0 Å². The first kappa shape index (κ1) is 19.3. The molecule has 3 rings (SSSR count). The summed E-state index contributed by atoms with van der Waals surface area (Å²) in [7, 11) is -3.81. The number of nitrogens with two attached hydrogens (primary N) is 1. The molecular weight excluding hydrogens is 434 g/mol. The van der Waals surface area contributed by atoms with Crippen molar-refractivity contribution in [3.8, 4) is 16.9 Å². The number of rotatable bonds is 5. The number of carboxylic acid groups (broad SMARTS) is 1. The molecule has 0 amide bonds. The number of nitrogens with zero attached hydrogens (tertiary/aromatic N) is 2. The number of benzene rings is 2. The fraction of sp³-hybridized carbons (Fsp3) is 0.111. The van der Waals surface area contributed by atoms with E-state index in [0.29, 0.717) is 21.5 Å². The third-order valence-corrected chi connectivity index (χ3v) is 5.80. The van der Waals surface area contributed by atoms with Crippen LogP contribution in [0.1, 0.15) is 18.5 Å². The van der Waals surface area contributed by atoms with Gasteiger partial charge < -0.3 is 5.11 Å². The summed E-state index contributed by atoms with van der Waals surface area (Å²) in [4.78, 5) is 11.4. The maximum absolute atomic E-state index is 11.5. The fourth-order valence-corrected chi connectivity index (χ4v) is 3.95. The Kier molecular flexibility index (Phi) is 5.18. The van der Waals surface area contributed by atoms with Gasteiger partial charge in [-0.1, -0.05) is 30.3 Å². The van der Waals surface area contributed by atoms with Crippen molar-refractivity contribution in [2.75, 3.05) is 0 Å². The van der Waals surface area contributed by atoms with Crippen molar-refractivity contribution in [3.05, 3.63) is 64.8 Å². The molecule has 2 aromatic carbocycles. The highest BCUT2D eigenvalue weighted by molar-refractivity contribution is 9.10. The summed E-state index contributed by atoms with van der Waals surface area (Å²) in [6.45, 7) is 1.55. The quantitative estimate of drug-likeness (QED) is 0.620. The number of aliphatic carboxylic acids is 1. The minimum Gasteiger partial charge on any atom is -0.481 e. The smallest absolute Gasteiger partial charge is 0.312 e. The lowest BCUT2D eigenvalue weighted by Gasteiger charge is -2.09. The zero-order valence-electron chi connectivity index (χ0n) is 14.2. The largest absolute Gasteiger partial charge is 0.481 e. The normalized spacial score (nSPS) is 12.7. The lowest BCUT2D eigenvalue weighted by atomic mass is 10.1. The molecule has 3 N–H and O–H groups in total. The molecule has 1 aromatic heterocycles. The number of hydrogen-bond donors (Lipinski definition) is 2. The highest BCUT2D eigenvalue weighted by Crippen LogP contribution is 2.36. The average Bonchev–Trinajstić information content (AvgIpc) is 2.98. The molecule has 1 heterocycles. The van der Waals surface area contributed by atoms with Crippen LogP contribution in [0.3, 0.4) is 0 Å². The van der Waals surface area contributed by atoms with Crippen molar-refractivity contribution < 1.29 is 18.3 Å². The van der Waals surface area contributed by atoms with Crippen LogP contribution in [0.15, 0.2) is 64.0 Å². The average molecular weight is 450 g/mol. The molecule has 9 heteroatoms. The van der Waals surface area contributed by atoms with E-state index in [2.05, 4.69) is 21.0 Å². The number of carbonyl (C=O) groups is 1. The van der Waals surface area contributed by atoms with E-state index in [9.17, 15) is 18.3 Å². The van der Waals surface area contributed by atoms with Gasteiger partial charge in [-0.05, 0) is 47.1 Å². The van der Waals surface area contributed by atoms with Gasteiger partial charge in [0.05, 0.1) is 32.4 Å². The monoisotopic (exact) mass is 449 g/mol. The molecule has 3 aromatic rings. The summed E-state index contributed by atoms with van der Waals surface area (Å²) in [6, 6.07) is 15.3. The summed E-state index contributed by atoms with van der Waals surface area (Å²) in [5.74, 6) is -1.82. The predicted octanol–water partition coefficient (Wildman–Crippen LogP) is 3.14. The number of sulfonamides is 1. The molecule has 0 saturated carbocycles. The number of primary sulfonamides is 1. The van der Waals surface area contributed by atoms with Crippen LogP contribution in [0.2, 0.25) is 0 Å². The molecule has 27 heavy (non-hydrogen) atoms. The molecule has 140 valence electrons. The van der Waals surface area contributed by atoms with Crippen LogP contribution in [-0.4, -0.2) is 29.3 Å². The lowest BCUT2D eigenvalue weighted by molar-refractivity contribution is -0.138. The lowest BCUT2D eigenvalue weighted by Crippen LogP contribution is -2.12. The fourth-order valence-electron chi connectivity index (χ4n) is 2.62. The van der Waals surface area contributed by atoms with Gasteiger partial charge in [-0.3, -0.25) is 4.79 Å². The Balaban J connectivity index is 2.22. The van der Waals surface area contributed by atoms with Crippen LogP contribution in [-0.2, 0) is 14.8 Å². The molecule has 0 aliphatic carbocycles. The number of hydrogen-bond acceptors (Lipinski definition) is 4. The predicted molar refractivity (Wildman–Crippen MR) is 104 cm³/mol. The highest BCUT2D eigenvalue weighted by atomic mass is 79.9.